The number of sulfonamides is 1. The lowest BCUT2D eigenvalue weighted by Gasteiger charge is -2.21. The van der Waals surface area contributed by atoms with Crippen molar-refractivity contribution in [3.05, 3.63) is 11.4 Å². The first-order valence-electron chi connectivity index (χ1n) is 6.61. The van der Waals surface area contributed by atoms with Crippen molar-refractivity contribution in [1.29, 1.82) is 0 Å². The number of aromatic amines is 1. The molecule has 1 N–H and O–H groups in total. The molecule has 0 bridgehead atoms. The highest BCUT2D eigenvalue weighted by Gasteiger charge is 2.31. The summed E-state index contributed by atoms with van der Waals surface area (Å²) in [6, 6.07) is 0. The Balaban J connectivity index is 2.25. The summed E-state index contributed by atoms with van der Waals surface area (Å²) in [5, 5.41) is 6.65. The molecule has 0 saturated carbocycles. The van der Waals surface area contributed by atoms with Gasteiger partial charge in [0.25, 0.3) is 0 Å². The summed E-state index contributed by atoms with van der Waals surface area (Å²) in [5.74, 6) is -0.0140. The van der Waals surface area contributed by atoms with Crippen molar-refractivity contribution in [3.8, 4) is 0 Å². The summed E-state index contributed by atoms with van der Waals surface area (Å²) in [6.45, 7) is 6.68. The largest absolute Gasteiger partial charge is 0.342 e. The average molecular weight is 300 g/mol. The molecule has 0 unspecified atom stereocenters. The molecule has 20 heavy (non-hydrogen) atoms. The first kappa shape index (κ1) is 15.0. The Labute approximate surface area is 119 Å². The second kappa shape index (κ2) is 5.53. The van der Waals surface area contributed by atoms with Gasteiger partial charge in [-0.25, -0.2) is 8.42 Å². The lowest BCUT2D eigenvalue weighted by atomic mass is 10.4. The van der Waals surface area contributed by atoms with Crippen LogP contribution < -0.4 is 0 Å². The zero-order valence-electron chi connectivity index (χ0n) is 12.0. The molecule has 0 aliphatic carbocycles. The number of nitrogens with one attached hydrogen (secondary N) is 1. The highest BCUT2D eigenvalue weighted by atomic mass is 32.2. The summed E-state index contributed by atoms with van der Waals surface area (Å²) < 4.78 is 26.8. The fourth-order valence-corrected chi connectivity index (χ4v) is 4.30. The molecule has 1 fully saturated rings. The number of aryl methyl sites for hydroxylation is 2. The molecule has 1 amide bonds. The predicted molar refractivity (Wildman–Crippen MR) is 73.7 cm³/mol. The quantitative estimate of drug-likeness (QED) is 0.849. The van der Waals surface area contributed by atoms with Crippen LogP contribution in [0.3, 0.4) is 0 Å². The van der Waals surface area contributed by atoms with Crippen LogP contribution in [0.1, 0.15) is 24.7 Å². The zero-order valence-corrected chi connectivity index (χ0v) is 12.8. The number of aromatic nitrogens is 2. The summed E-state index contributed by atoms with van der Waals surface area (Å²) in [6.07, 6.45) is 0.648. The fraction of sp³-hybridized carbons (Fsp3) is 0.667. The van der Waals surface area contributed by atoms with Crippen molar-refractivity contribution < 1.29 is 13.2 Å². The predicted octanol–water partition coefficient (Wildman–Crippen LogP) is 0.269. The molecular formula is C12H20N4O3S. The van der Waals surface area contributed by atoms with Gasteiger partial charge in [0.15, 0.2) is 0 Å². The van der Waals surface area contributed by atoms with E-state index < -0.39 is 10.0 Å². The molecule has 2 heterocycles. The maximum absolute atomic E-state index is 12.7. The molecule has 1 aliphatic rings. The fourth-order valence-electron chi connectivity index (χ4n) is 2.50. The van der Waals surface area contributed by atoms with Gasteiger partial charge < -0.3 is 4.90 Å². The van der Waals surface area contributed by atoms with E-state index in [0.29, 0.717) is 44.0 Å². The number of carbonyl (C=O) groups is 1. The van der Waals surface area contributed by atoms with Gasteiger partial charge in [-0.3, -0.25) is 9.89 Å². The third-order valence-electron chi connectivity index (χ3n) is 3.56. The van der Waals surface area contributed by atoms with Gasteiger partial charge in [0.2, 0.25) is 15.9 Å². The Morgan fingerprint density at radius 2 is 1.90 bits per heavy atom. The first-order valence-corrected chi connectivity index (χ1v) is 8.05. The molecule has 1 aliphatic heterocycles. The van der Waals surface area contributed by atoms with Crippen molar-refractivity contribution >= 4 is 15.9 Å². The first-order chi connectivity index (χ1) is 9.34. The van der Waals surface area contributed by atoms with Crippen LogP contribution in [0.4, 0.5) is 0 Å². The Morgan fingerprint density at radius 1 is 1.20 bits per heavy atom. The molecule has 0 atom stereocenters. The molecule has 0 spiro atoms. The van der Waals surface area contributed by atoms with Crippen LogP contribution in [0.5, 0.6) is 0 Å². The van der Waals surface area contributed by atoms with Crippen LogP contribution in [0.2, 0.25) is 0 Å². The van der Waals surface area contributed by atoms with Crippen LogP contribution in [0.15, 0.2) is 4.90 Å². The standard InChI is InChI=1S/C12H20N4O3S/c1-9-12(10(2)14-13-9)20(18,19)16-6-4-5-15(7-8-16)11(3)17/h4-8H2,1-3H3,(H,13,14). The van der Waals surface area contributed by atoms with E-state index in [4.69, 9.17) is 0 Å². The molecule has 1 saturated heterocycles. The van der Waals surface area contributed by atoms with Gasteiger partial charge in [-0.05, 0) is 20.3 Å². The molecule has 112 valence electrons. The number of carbonyl (C=O) groups excluding carboxylic acids is 1. The van der Waals surface area contributed by atoms with Crippen molar-refractivity contribution in [2.24, 2.45) is 0 Å². The summed E-state index contributed by atoms with van der Waals surface area (Å²) in [5.41, 5.74) is 1.03. The highest BCUT2D eigenvalue weighted by molar-refractivity contribution is 7.89. The van der Waals surface area contributed by atoms with Gasteiger partial charge in [0.1, 0.15) is 4.90 Å². The van der Waals surface area contributed by atoms with Crippen molar-refractivity contribution in [3.63, 3.8) is 0 Å². The zero-order chi connectivity index (χ0) is 14.9. The van der Waals surface area contributed by atoms with E-state index in [1.54, 1.807) is 18.7 Å². The van der Waals surface area contributed by atoms with Crippen molar-refractivity contribution in [2.75, 3.05) is 26.2 Å². The van der Waals surface area contributed by atoms with E-state index in [-0.39, 0.29) is 10.8 Å². The monoisotopic (exact) mass is 300 g/mol. The van der Waals surface area contributed by atoms with E-state index in [1.807, 2.05) is 0 Å². The van der Waals surface area contributed by atoms with Gasteiger partial charge in [0.05, 0.1) is 11.4 Å². The smallest absolute Gasteiger partial charge is 0.246 e. The second-order valence-electron chi connectivity index (χ2n) is 5.03. The van der Waals surface area contributed by atoms with Gasteiger partial charge in [-0.1, -0.05) is 0 Å². The highest BCUT2D eigenvalue weighted by Crippen LogP contribution is 2.22. The van der Waals surface area contributed by atoms with Crippen LogP contribution >= 0.6 is 0 Å². The van der Waals surface area contributed by atoms with Crippen LogP contribution in [-0.2, 0) is 14.8 Å². The van der Waals surface area contributed by atoms with E-state index >= 15 is 0 Å². The second-order valence-corrected chi connectivity index (χ2v) is 6.90. The third-order valence-corrected chi connectivity index (χ3v) is 5.72. The number of amides is 1. The minimum atomic E-state index is -3.55. The summed E-state index contributed by atoms with van der Waals surface area (Å²) >= 11 is 0. The number of hydrogen-bond acceptors (Lipinski definition) is 4. The van der Waals surface area contributed by atoms with Crippen LogP contribution in [-0.4, -0.2) is 59.9 Å². The average Bonchev–Trinajstić information content (AvgIpc) is 2.60. The lowest BCUT2D eigenvalue weighted by molar-refractivity contribution is -0.128. The Bertz CT molecular complexity index is 589. The Hall–Kier alpha value is -1.41. The van der Waals surface area contributed by atoms with E-state index in [9.17, 15) is 13.2 Å². The summed E-state index contributed by atoms with van der Waals surface area (Å²) in [7, 11) is -3.55. The number of hydrogen-bond donors (Lipinski definition) is 1. The maximum Gasteiger partial charge on any atom is 0.246 e. The SMILES string of the molecule is CC(=O)N1CCCN(S(=O)(=O)c2c(C)n[nH]c2C)CC1. The van der Waals surface area contributed by atoms with Crippen molar-refractivity contribution in [1.82, 2.24) is 19.4 Å². The number of rotatable bonds is 2. The molecule has 2 rings (SSSR count). The molecule has 7 nitrogen and oxygen atoms in total. The van der Waals surface area contributed by atoms with Crippen molar-refractivity contribution in [2.45, 2.75) is 32.1 Å². The van der Waals surface area contributed by atoms with E-state index in [1.165, 1.54) is 11.2 Å². The van der Waals surface area contributed by atoms with Gasteiger partial charge in [0, 0.05) is 33.1 Å². The molecule has 0 radical (unpaired) electrons. The minimum Gasteiger partial charge on any atom is -0.342 e. The molecule has 1 aromatic heterocycles. The van der Waals surface area contributed by atoms with Crippen LogP contribution in [0.25, 0.3) is 0 Å². The third kappa shape index (κ3) is 2.71. The maximum atomic E-state index is 12.7. The lowest BCUT2D eigenvalue weighted by Crippen LogP contribution is -2.36. The molecule has 8 heteroatoms. The van der Waals surface area contributed by atoms with E-state index in [0.717, 1.165) is 0 Å². The minimum absolute atomic E-state index is 0.0140. The Morgan fingerprint density at radius 3 is 2.45 bits per heavy atom. The molecule has 0 aromatic carbocycles. The molecular weight excluding hydrogens is 280 g/mol. The normalized spacial score (nSPS) is 18.1. The van der Waals surface area contributed by atoms with Gasteiger partial charge in [-0.15, -0.1) is 0 Å². The molecule has 1 aromatic rings. The van der Waals surface area contributed by atoms with Gasteiger partial charge in [-0.2, -0.15) is 9.40 Å². The van der Waals surface area contributed by atoms with Crippen LogP contribution in [0, 0.1) is 13.8 Å². The summed E-state index contributed by atoms with van der Waals surface area (Å²) in [4.78, 5) is 13.3. The number of nitrogens with zero attached hydrogens (tertiary/aromatic N) is 3. The Kier molecular flexibility index (Phi) is 4.14. The topological polar surface area (TPSA) is 86.4 Å². The van der Waals surface area contributed by atoms with E-state index in [2.05, 4.69) is 10.2 Å². The number of H-pyrrole nitrogens is 1. The van der Waals surface area contributed by atoms with Gasteiger partial charge >= 0.3 is 0 Å².